The average molecular weight is 453 g/mol. The third kappa shape index (κ3) is 4.14. The Bertz CT molecular complexity index is 1490. The Labute approximate surface area is 194 Å². The molecule has 0 aliphatic carbocycles. The number of amides is 1. The van der Waals surface area contributed by atoms with Gasteiger partial charge in [-0.3, -0.25) is 10.2 Å². The van der Waals surface area contributed by atoms with Crippen molar-refractivity contribution in [2.75, 3.05) is 10.7 Å². The molecule has 0 atom stereocenters. The van der Waals surface area contributed by atoms with Crippen LogP contribution in [0.25, 0.3) is 21.0 Å². The van der Waals surface area contributed by atoms with Gasteiger partial charge in [-0.1, -0.05) is 65.9 Å². The molecule has 5 aromatic rings. The van der Waals surface area contributed by atoms with Crippen LogP contribution in [-0.4, -0.2) is 22.2 Å². The first kappa shape index (κ1) is 20.7. The molecule has 1 heterocycles. The topological polar surface area (TPSA) is 86.6 Å². The molecule has 3 N–H and O–H groups in total. The molecule has 1 aromatic heterocycles. The molecule has 33 heavy (non-hydrogen) atoms. The van der Waals surface area contributed by atoms with Crippen molar-refractivity contribution < 1.29 is 9.90 Å². The second-order valence-corrected chi connectivity index (χ2v) is 8.56. The molecular formula is C26H20N4O2S. The number of phenols is 1. The number of hydrogen-bond donors (Lipinski definition) is 3. The molecule has 1 amide bonds. The summed E-state index contributed by atoms with van der Waals surface area (Å²) in [5.74, 6) is -0.518. The zero-order chi connectivity index (χ0) is 22.8. The molecule has 0 radical (unpaired) electrons. The van der Waals surface area contributed by atoms with E-state index in [0.29, 0.717) is 16.4 Å². The highest BCUT2D eigenvalue weighted by Crippen LogP contribution is 2.31. The van der Waals surface area contributed by atoms with Gasteiger partial charge in [0, 0.05) is 11.3 Å². The van der Waals surface area contributed by atoms with Gasteiger partial charge in [0.2, 0.25) is 5.13 Å². The van der Waals surface area contributed by atoms with Gasteiger partial charge in [0.1, 0.15) is 5.75 Å². The highest BCUT2D eigenvalue weighted by atomic mass is 32.1. The van der Waals surface area contributed by atoms with E-state index in [-0.39, 0.29) is 17.2 Å². The van der Waals surface area contributed by atoms with Crippen LogP contribution in [0.15, 0.2) is 84.0 Å². The van der Waals surface area contributed by atoms with E-state index in [1.54, 1.807) is 6.07 Å². The summed E-state index contributed by atoms with van der Waals surface area (Å²) in [5, 5.41) is 20.5. The van der Waals surface area contributed by atoms with Gasteiger partial charge in [-0.15, -0.1) is 0 Å². The van der Waals surface area contributed by atoms with Crippen molar-refractivity contribution >= 4 is 55.3 Å². The Hall–Kier alpha value is -4.23. The van der Waals surface area contributed by atoms with Gasteiger partial charge in [-0.25, -0.2) is 4.98 Å². The third-order valence-corrected chi connectivity index (χ3v) is 6.29. The van der Waals surface area contributed by atoms with Gasteiger partial charge in [0.05, 0.1) is 22.0 Å². The number of hydrogen-bond acceptors (Lipinski definition) is 6. The number of aryl methyl sites for hydroxylation is 1. The van der Waals surface area contributed by atoms with Crippen LogP contribution >= 0.6 is 11.3 Å². The summed E-state index contributed by atoms with van der Waals surface area (Å²) in [4.78, 5) is 17.5. The lowest BCUT2D eigenvalue weighted by Gasteiger charge is -2.13. The summed E-state index contributed by atoms with van der Waals surface area (Å²) in [7, 11) is 0. The molecule has 162 valence electrons. The van der Waals surface area contributed by atoms with E-state index in [9.17, 15) is 9.90 Å². The van der Waals surface area contributed by atoms with E-state index < -0.39 is 0 Å². The van der Waals surface area contributed by atoms with Crippen molar-refractivity contribution in [3.05, 3.63) is 95.6 Å². The summed E-state index contributed by atoms with van der Waals surface area (Å²) in [6, 6.07) is 24.6. The van der Waals surface area contributed by atoms with E-state index in [0.717, 1.165) is 26.6 Å². The summed E-state index contributed by atoms with van der Waals surface area (Å²) in [5.41, 5.74) is 6.10. The zero-order valence-corrected chi connectivity index (χ0v) is 18.6. The smallest absolute Gasteiger partial charge is 0.259 e. The van der Waals surface area contributed by atoms with Gasteiger partial charge >= 0.3 is 0 Å². The molecule has 0 bridgehead atoms. The predicted molar refractivity (Wildman–Crippen MR) is 136 cm³/mol. The molecule has 0 saturated heterocycles. The minimum atomic E-state index is -0.388. The maximum absolute atomic E-state index is 13.0. The van der Waals surface area contributed by atoms with Crippen molar-refractivity contribution in [3.8, 4) is 5.75 Å². The normalized spacial score (nSPS) is 11.3. The number of nitrogens with zero attached hydrogens (tertiary/aromatic N) is 2. The van der Waals surface area contributed by atoms with Crippen molar-refractivity contribution in [1.29, 1.82) is 0 Å². The van der Waals surface area contributed by atoms with Crippen LogP contribution in [0.2, 0.25) is 0 Å². The number of carbonyl (C=O) groups excluding carboxylic acids is 1. The highest BCUT2D eigenvalue weighted by molar-refractivity contribution is 7.22. The van der Waals surface area contributed by atoms with Crippen molar-refractivity contribution in [1.82, 2.24) is 4.98 Å². The van der Waals surface area contributed by atoms with E-state index in [1.165, 1.54) is 17.6 Å². The molecule has 0 saturated carbocycles. The molecule has 4 aromatic carbocycles. The van der Waals surface area contributed by atoms with E-state index in [4.69, 9.17) is 0 Å². The third-order valence-electron chi connectivity index (χ3n) is 5.35. The van der Waals surface area contributed by atoms with Crippen LogP contribution in [0.1, 0.15) is 21.5 Å². The minimum Gasteiger partial charge on any atom is -0.506 e. The van der Waals surface area contributed by atoms with Crippen LogP contribution < -0.4 is 10.7 Å². The quantitative estimate of drug-likeness (QED) is 0.220. The second kappa shape index (κ2) is 8.72. The van der Waals surface area contributed by atoms with Crippen LogP contribution in [0.3, 0.4) is 0 Å². The first-order valence-corrected chi connectivity index (χ1v) is 11.2. The number of thiazole rings is 1. The van der Waals surface area contributed by atoms with E-state index >= 15 is 0 Å². The Morgan fingerprint density at radius 2 is 1.79 bits per heavy atom. The SMILES string of the molecule is Cc1ccccc1NC(=O)c1cc2ccccc2c(/C=N\Nc2nc3ccccc3s2)c1O. The summed E-state index contributed by atoms with van der Waals surface area (Å²) in [6.45, 7) is 1.92. The summed E-state index contributed by atoms with van der Waals surface area (Å²) < 4.78 is 1.05. The lowest BCUT2D eigenvalue weighted by molar-refractivity contribution is 0.102. The second-order valence-electron chi connectivity index (χ2n) is 7.53. The fourth-order valence-electron chi connectivity index (χ4n) is 3.64. The largest absolute Gasteiger partial charge is 0.506 e. The highest BCUT2D eigenvalue weighted by Gasteiger charge is 2.18. The van der Waals surface area contributed by atoms with Gasteiger partial charge in [-0.05, 0) is 47.5 Å². The van der Waals surface area contributed by atoms with Crippen molar-refractivity contribution in [2.45, 2.75) is 6.92 Å². The minimum absolute atomic E-state index is 0.130. The Kier molecular flexibility index (Phi) is 5.46. The first-order valence-electron chi connectivity index (χ1n) is 10.4. The monoisotopic (exact) mass is 452 g/mol. The van der Waals surface area contributed by atoms with Crippen LogP contribution in [0.5, 0.6) is 5.75 Å². The molecule has 5 rings (SSSR count). The fourth-order valence-corrected chi connectivity index (χ4v) is 4.46. The first-order chi connectivity index (χ1) is 16.1. The number of fused-ring (bicyclic) bond motifs is 2. The lowest BCUT2D eigenvalue weighted by Crippen LogP contribution is -2.13. The number of aromatic nitrogens is 1. The number of rotatable bonds is 5. The number of aromatic hydroxyl groups is 1. The Morgan fingerprint density at radius 3 is 2.64 bits per heavy atom. The Balaban J connectivity index is 1.49. The van der Waals surface area contributed by atoms with Crippen molar-refractivity contribution in [3.63, 3.8) is 0 Å². The molecule has 0 spiro atoms. The molecule has 0 aliphatic rings. The molecule has 0 unspecified atom stereocenters. The number of nitrogens with one attached hydrogen (secondary N) is 2. The number of benzene rings is 4. The van der Waals surface area contributed by atoms with Crippen LogP contribution in [0, 0.1) is 6.92 Å². The summed E-state index contributed by atoms with van der Waals surface area (Å²) in [6.07, 6.45) is 1.52. The van der Waals surface area contributed by atoms with Crippen LogP contribution in [-0.2, 0) is 0 Å². The van der Waals surface area contributed by atoms with Gasteiger partial charge in [0.15, 0.2) is 0 Å². The molecule has 7 heteroatoms. The maximum Gasteiger partial charge on any atom is 0.259 e. The number of carbonyl (C=O) groups is 1. The van der Waals surface area contributed by atoms with Crippen molar-refractivity contribution in [2.24, 2.45) is 5.10 Å². The van der Waals surface area contributed by atoms with E-state index in [1.807, 2.05) is 79.7 Å². The number of phenolic OH excluding ortho intramolecular Hbond substituents is 1. The Morgan fingerprint density at radius 1 is 1.03 bits per heavy atom. The number of hydrazone groups is 1. The van der Waals surface area contributed by atoms with Crippen LogP contribution in [0.4, 0.5) is 10.8 Å². The molecule has 0 fully saturated rings. The van der Waals surface area contributed by atoms with Gasteiger partial charge < -0.3 is 10.4 Å². The summed E-state index contributed by atoms with van der Waals surface area (Å²) >= 11 is 1.49. The molecule has 0 aliphatic heterocycles. The average Bonchev–Trinajstić information content (AvgIpc) is 3.24. The van der Waals surface area contributed by atoms with Gasteiger partial charge in [-0.2, -0.15) is 5.10 Å². The molecule has 6 nitrogen and oxygen atoms in total. The number of para-hydroxylation sites is 2. The lowest BCUT2D eigenvalue weighted by atomic mass is 9.99. The van der Waals surface area contributed by atoms with E-state index in [2.05, 4.69) is 20.8 Å². The number of anilines is 2. The molecular weight excluding hydrogens is 432 g/mol. The zero-order valence-electron chi connectivity index (χ0n) is 17.7. The fraction of sp³-hybridized carbons (Fsp3) is 0.0385. The predicted octanol–water partition coefficient (Wildman–Crippen LogP) is 6.16. The van der Waals surface area contributed by atoms with Gasteiger partial charge in [0.25, 0.3) is 5.91 Å². The maximum atomic E-state index is 13.0. The standard InChI is InChI=1S/C26H20N4O2S/c1-16-8-2-5-11-21(16)28-25(32)19-14-17-9-3-4-10-18(17)20(24(19)31)15-27-30-26-29-22-12-6-7-13-23(22)33-26/h2-15,31H,1H3,(H,28,32)(H,29,30)/b27-15-.